The second kappa shape index (κ2) is 6.30. The van der Waals surface area contributed by atoms with E-state index in [-0.39, 0.29) is 22.8 Å². The molecule has 0 unspecified atom stereocenters. The molecule has 1 aromatic carbocycles. The van der Waals surface area contributed by atoms with E-state index in [4.69, 9.17) is 5.73 Å². The Balaban J connectivity index is 2.45. The fraction of sp³-hybridized carbons (Fsp3) is 0.0769. The van der Waals surface area contributed by atoms with Gasteiger partial charge in [-0.05, 0) is 30.3 Å². The number of hydrogen-bond donors (Lipinski definition) is 2. The molecule has 21 heavy (non-hydrogen) atoms. The summed E-state index contributed by atoms with van der Waals surface area (Å²) in [6.45, 7) is 0.0353. The first-order valence-electron chi connectivity index (χ1n) is 5.82. The lowest BCUT2D eigenvalue weighted by Crippen LogP contribution is -2.15. The minimum Gasteiger partial charge on any atom is -0.320 e. The van der Waals surface area contributed by atoms with Gasteiger partial charge in [0.15, 0.2) is 5.82 Å². The number of aromatic nitrogens is 2. The van der Waals surface area contributed by atoms with Gasteiger partial charge in [-0.25, -0.2) is 12.8 Å². The van der Waals surface area contributed by atoms with Crippen LogP contribution in [-0.2, 0) is 10.0 Å². The van der Waals surface area contributed by atoms with Crippen molar-refractivity contribution in [3.05, 3.63) is 47.9 Å². The summed E-state index contributed by atoms with van der Waals surface area (Å²) < 4.78 is 40.1. The Labute approximate surface area is 121 Å². The lowest BCUT2D eigenvalue weighted by Gasteiger charge is -2.08. The average molecular weight is 306 g/mol. The van der Waals surface area contributed by atoms with Gasteiger partial charge < -0.3 is 5.73 Å². The number of benzene rings is 1. The third kappa shape index (κ3) is 3.75. The first kappa shape index (κ1) is 14.9. The van der Waals surface area contributed by atoms with Gasteiger partial charge in [0, 0.05) is 11.8 Å². The van der Waals surface area contributed by atoms with Crippen molar-refractivity contribution in [2.75, 3.05) is 11.3 Å². The van der Waals surface area contributed by atoms with Crippen LogP contribution in [0.25, 0.3) is 0 Å². The van der Waals surface area contributed by atoms with E-state index in [0.717, 1.165) is 18.2 Å². The smallest absolute Gasteiger partial charge is 0.264 e. The Kier molecular flexibility index (Phi) is 4.47. The highest BCUT2D eigenvalue weighted by Crippen LogP contribution is 2.19. The molecule has 0 aliphatic heterocycles. The summed E-state index contributed by atoms with van der Waals surface area (Å²) in [4.78, 5) is -0.157. The van der Waals surface area contributed by atoms with Gasteiger partial charge in [-0.15, -0.1) is 5.10 Å². The van der Waals surface area contributed by atoms with Crippen molar-refractivity contribution in [3.63, 3.8) is 0 Å². The molecule has 3 N–H and O–H groups in total. The number of rotatable bonds is 3. The summed E-state index contributed by atoms with van der Waals surface area (Å²) in [6, 6.07) is 6.19. The van der Waals surface area contributed by atoms with E-state index < -0.39 is 15.8 Å². The van der Waals surface area contributed by atoms with Crippen molar-refractivity contribution >= 4 is 15.8 Å². The number of sulfonamides is 1. The molecule has 0 atom stereocenters. The first-order chi connectivity index (χ1) is 10.0. The molecule has 2 aromatic rings. The van der Waals surface area contributed by atoms with Gasteiger partial charge in [0.1, 0.15) is 10.7 Å². The zero-order valence-corrected chi connectivity index (χ0v) is 11.6. The van der Waals surface area contributed by atoms with Crippen LogP contribution < -0.4 is 10.5 Å². The third-order valence-electron chi connectivity index (χ3n) is 2.37. The van der Waals surface area contributed by atoms with Gasteiger partial charge >= 0.3 is 0 Å². The summed E-state index contributed by atoms with van der Waals surface area (Å²) in [5.41, 5.74) is 5.27. The van der Waals surface area contributed by atoms with Crippen LogP contribution in [0.1, 0.15) is 5.56 Å². The Morgan fingerprint density at radius 3 is 2.81 bits per heavy atom. The summed E-state index contributed by atoms with van der Waals surface area (Å²) in [7, 11) is -3.95. The number of hydrogen-bond acceptors (Lipinski definition) is 5. The normalized spacial score (nSPS) is 10.6. The predicted octanol–water partition coefficient (Wildman–Crippen LogP) is 0.727. The average Bonchev–Trinajstić information content (AvgIpc) is 2.45. The van der Waals surface area contributed by atoms with Crippen LogP contribution in [0.4, 0.5) is 10.2 Å². The van der Waals surface area contributed by atoms with E-state index in [1.54, 1.807) is 0 Å². The highest BCUT2D eigenvalue weighted by Gasteiger charge is 2.19. The van der Waals surface area contributed by atoms with Gasteiger partial charge in [0.2, 0.25) is 0 Å². The molecule has 8 heteroatoms. The monoisotopic (exact) mass is 306 g/mol. The topological polar surface area (TPSA) is 98.0 Å². The number of anilines is 1. The third-order valence-corrected chi connectivity index (χ3v) is 3.78. The highest BCUT2D eigenvalue weighted by molar-refractivity contribution is 7.92. The lowest BCUT2D eigenvalue weighted by atomic mass is 10.2. The molecule has 0 amide bonds. The Bertz CT molecular complexity index is 798. The van der Waals surface area contributed by atoms with Crippen molar-refractivity contribution in [2.45, 2.75) is 4.90 Å². The summed E-state index contributed by atoms with van der Waals surface area (Å²) in [5, 5.41) is 7.20. The van der Waals surface area contributed by atoms with Crippen molar-refractivity contribution in [1.29, 1.82) is 0 Å². The largest absolute Gasteiger partial charge is 0.320 e. The zero-order valence-electron chi connectivity index (χ0n) is 10.7. The van der Waals surface area contributed by atoms with E-state index >= 15 is 0 Å². The molecular weight excluding hydrogens is 295 g/mol. The number of nitrogens with zero attached hydrogens (tertiary/aromatic N) is 2. The Hall–Kier alpha value is -2.50. The van der Waals surface area contributed by atoms with Crippen molar-refractivity contribution in [3.8, 4) is 11.8 Å². The van der Waals surface area contributed by atoms with Crippen LogP contribution in [0, 0.1) is 17.7 Å². The second-order valence-electron chi connectivity index (χ2n) is 3.86. The number of halogens is 1. The molecule has 0 aliphatic carbocycles. The fourth-order valence-corrected chi connectivity index (χ4v) is 2.67. The Morgan fingerprint density at radius 2 is 2.14 bits per heavy atom. The van der Waals surface area contributed by atoms with E-state index in [2.05, 4.69) is 26.8 Å². The van der Waals surface area contributed by atoms with Gasteiger partial charge in [0.25, 0.3) is 10.0 Å². The summed E-state index contributed by atoms with van der Waals surface area (Å²) in [5.74, 6) is 4.50. The summed E-state index contributed by atoms with van der Waals surface area (Å²) >= 11 is 0. The maximum absolute atomic E-state index is 13.3. The van der Waals surface area contributed by atoms with Crippen LogP contribution in [0.2, 0.25) is 0 Å². The van der Waals surface area contributed by atoms with E-state index in [9.17, 15) is 12.8 Å². The minimum absolute atomic E-state index is 0.0249. The highest BCUT2D eigenvalue weighted by atomic mass is 32.2. The molecule has 108 valence electrons. The quantitative estimate of drug-likeness (QED) is 0.815. The van der Waals surface area contributed by atoms with Crippen LogP contribution in [0.3, 0.4) is 0 Å². The molecule has 0 bridgehead atoms. The molecule has 0 fully saturated rings. The molecule has 0 saturated heterocycles. The van der Waals surface area contributed by atoms with Crippen LogP contribution >= 0.6 is 0 Å². The second-order valence-corrected chi connectivity index (χ2v) is 5.51. The molecule has 0 saturated carbocycles. The molecule has 1 heterocycles. The van der Waals surface area contributed by atoms with Crippen molar-refractivity contribution in [2.24, 2.45) is 5.73 Å². The molecule has 0 radical (unpaired) electrons. The molecule has 6 nitrogen and oxygen atoms in total. The molecule has 0 spiro atoms. The van der Waals surface area contributed by atoms with Crippen LogP contribution in [0.15, 0.2) is 41.4 Å². The van der Waals surface area contributed by atoms with Gasteiger partial charge in [-0.3, -0.25) is 4.72 Å². The van der Waals surface area contributed by atoms with Gasteiger partial charge in [-0.2, -0.15) is 5.10 Å². The predicted molar refractivity (Wildman–Crippen MR) is 75.2 cm³/mol. The van der Waals surface area contributed by atoms with E-state index in [1.165, 1.54) is 18.3 Å². The SMILES string of the molecule is NCC#Cc1cc(F)ccc1S(=O)(=O)Nc1cccnn1. The maximum atomic E-state index is 13.3. The molecule has 2 rings (SSSR count). The minimum atomic E-state index is -3.95. The maximum Gasteiger partial charge on any atom is 0.264 e. The Morgan fingerprint density at radius 1 is 1.33 bits per heavy atom. The molecular formula is C13H11FN4O2S. The number of nitrogens with two attached hydrogens (primary N) is 1. The van der Waals surface area contributed by atoms with Crippen molar-refractivity contribution < 1.29 is 12.8 Å². The standard InChI is InChI=1S/C13H11FN4O2S/c14-11-5-6-12(10(9-11)3-1-7-15)21(19,20)18-13-4-2-8-16-17-13/h2,4-6,8-9H,7,15H2,(H,17,18). The summed E-state index contributed by atoms with van der Waals surface area (Å²) in [6.07, 6.45) is 1.41. The zero-order chi connectivity index (χ0) is 15.3. The number of nitrogens with one attached hydrogen (secondary N) is 1. The van der Waals surface area contributed by atoms with Gasteiger partial charge in [-0.1, -0.05) is 11.8 Å². The van der Waals surface area contributed by atoms with Crippen LogP contribution in [-0.4, -0.2) is 25.2 Å². The van der Waals surface area contributed by atoms with Crippen LogP contribution in [0.5, 0.6) is 0 Å². The lowest BCUT2D eigenvalue weighted by molar-refractivity contribution is 0.599. The van der Waals surface area contributed by atoms with Crippen molar-refractivity contribution in [1.82, 2.24) is 10.2 Å². The fourth-order valence-electron chi connectivity index (χ4n) is 1.53. The first-order valence-corrected chi connectivity index (χ1v) is 7.30. The van der Waals surface area contributed by atoms with E-state index in [1.807, 2.05) is 0 Å². The van der Waals surface area contributed by atoms with E-state index in [0.29, 0.717) is 0 Å². The molecule has 0 aliphatic rings. The van der Waals surface area contributed by atoms with Gasteiger partial charge in [0.05, 0.1) is 6.54 Å². The molecule has 1 aromatic heterocycles.